The molecule has 0 amide bonds. The lowest BCUT2D eigenvalue weighted by Gasteiger charge is -2.26. The highest BCUT2D eigenvalue weighted by Gasteiger charge is 2.55. The molecule has 0 bridgehead atoms. The number of nitrogens with zero attached hydrogens (tertiary/aromatic N) is 1. The number of hydrogen-bond donors (Lipinski definition) is 4. The summed E-state index contributed by atoms with van der Waals surface area (Å²) in [6.45, 7) is 3.17. The molecule has 0 saturated heterocycles. The maximum atomic E-state index is 9.81. The summed E-state index contributed by atoms with van der Waals surface area (Å²) < 4.78 is 18.0. The van der Waals surface area contributed by atoms with Crippen LogP contribution in [0.1, 0.15) is 64.2 Å². The number of nitrogens with one attached hydrogen (secondary N) is 2. The summed E-state index contributed by atoms with van der Waals surface area (Å²) in [5.74, 6) is 2.87. The normalized spacial score (nSPS) is 27.9. The molecule has 3 saturated carbocycles. The standard InChI is InChI=1S/C32H43N3O5/c36-25-7-5-24(6-8-25)33-15-1-17-39-28-11-12-29-30(20-28)40-31(35-29)22-3-9-27(10-4-22)38-18-2-16-34-32-14-13-26(37)19-23(32)21-32/h3-4,9-12,20,23-26,33-34,36-37H,1-2,5-8,13-19,21H2/t23-,24?,25?,26-,32?/m1/s1. The second-order valence-corrected chi connectivity index (χ2v) is 11.9. The van der Waals surface area contributed by atoms with Crippen LogP contribution in [-0.2, 0) is 0 Å². The fourth-order valence-electron chi connectivity index (χ4n) is 6.43. The molecule has 216 valence electrons. The van der Waals surface area contributed by atoms with Crippen molar-refractivity contribution in [1.29, 1.82) is 0 Å². The summed E-state index contributed by atoms with van der Waals surface area (Å²) >= 11 is 0. The van der Waals surface area contributed by atoms with E-state index >= 15 is 0 Å². The van der Waals surface area contributed by atoms with Crippen molar-refractivity contribution < 1.29 is 24.1 Å². The summed E-state index contributed by atoms with van der Waals surface area (Å²) in [7, 11) is 0. The van der Waals surface area contributed by atoms with Crippen molar-refractivity contribution >= 4 is 11.1 Å². The van der Waals surface area contributed by atoms with E-state index in [4.69, 9.17) is 13.9 Å². The Kier molecular flexibility index (Phi) is 8.58. The molecule has 1 unspecified atom stereocenters. The van der Waals surface area contributed by atoms with E-state index in [0.717, 1.165) is 93.5 Å². The fourth-order valence-corrected chi connectivity index (χ4v) is 6.43. The first-order chi connectivity index (χ1) is 19.6. The van der Waals surface area contributed by atoms with Gasteiger partial charge in [0.2, 0.25) is 5.89 Å². The van der Waals surface area contributed by atoms with Crippen molar-refractivity contribution in [1.82, 2.24) is 15.6 Å². The van der Waals surface area contributed by atoms with Crippen molar-refractivity contribution in [2.45, 2.75) is 88.0 Å². The maximum Gasteiger partial charge on any atom is 0.227 e. The smallest absolute Gasteiger partial charge is 0.227 e. The van der Waals surface area contributed by atoms with Gasteiger partial charge in [-0.25, -0.2) is 4.98 Å². The van der Waals surface area contributed by atoms with Crippen molar-refractivity contribution in [2.24, 2.45) is 5.92 Å². The third-order valence-electron chi connectivity index (χ3n) is 8.96. The monoisotopic (exact) mass is 549 g/mol. The van der Waals surface area contributed by atoms with Crippen LogP contribution in [0, 0.1) is 5.92 Å². The number of aromatic nitrogens is 1. The van der Waals surface area contributed by atoms with Gasteiger partial charge < -0.3 is 34.7 Å². The van der Waals surface area contributed by atoms with Crippen LogP contribution in [0.15, 0.2) is 46.9 Å². The number of benzene rings is 2. The minimum Gasteiger partial charge on any atom is -0.494 e. The number of hydrogen-bond acceptors (Lipinski definition) is 8. The van der Waals surface area contributed by atoms with E-state index < -0.39 is 0 Å². The van der Waals surface area contributed by atoms with E-state index in [1.165, 1.54) is 6.42 Å². The van der Waals surface area contributed by atoms with Crippen LogP contribution in [0.5, 0.6) is 11.5 Å². The molecular weight excluding hydrogens is 506 g/mol. The highest BCUT2D eigenvalue weighted by Crippen LogP contribution is 2.53. The molecule has 1 aromatic heterocycles. The Hall–Kier alpha value is -2.65. The maximum absolute atomic E-state index is 9.81. The Morgan fingerprint density at radius 2 is 1.62 bits per heavy atom. The SMILES string of the molecule is OC1CCC(NCCCOc2ccc3nc(-c4ccc(OCCCNC56CC[C@@H](O)C[C@@H]5C6)cc4)oc3c2)CC1. The van der Waals surface area contributed by atoms with Gasteiger partial charge in [-0.2, -0.15) is 0 Å². The Bertz CT molecular complexity index is 1240. The molecule has 2 aromatic carbocycles. The first kappa shape index (κ1) is 27.5. The van der Waals surface area contributed by atoms with Gasteiger partial charge in [-0.05, 0) is 120 Å². The molecule has 8 nitrogen and oxygen atoms in total. The summed E-state index contributed by atoms with van der Waals surface area (Å²) in [6.07, 6.45) is 9.76. The predicted octanol–water partition coefficient (Wildman–Crippen LogP) is 4.82. The third-order valence-corrected chi connectivity index (χ3v) is 8.96. The summed E-state index contributed by atoms with van der Waals surface area (Å²) in [4.78, 5) is 4.65. The van der Waals surface area contributed by atoms with Gasteiger partial charge in [0.05, 0.1) is 25.4 Å². The van der Waals surface area contributed by atoms with Crippen molar-refractivity contribution in [3.63, 3.8) is 0 Å². The van der Waals surface area contributed by atoms with Gasteiger partial charge >= 0.3 is 0 Å². The molecule has 0 radical (unpaired) electrons. The van der Waals surface area contributed by atoms with E-state index in [2.05, 4.69) is 15.6 Å². The molecule has 6 rings (SSSR count). The van der Waals surface area contributed by atoms with Gasteiger partial charge in [-0.3, -0.25) is 0 Å². The minimum absolute atomic E-state index is 0.0954. The first-order valence-corrected chi connectivity index (χ1v) is 15.2. The molecule has 3 fully saturated rings. The van der Waals surface area contributed by atoms with Gasteiger partial charge in [0, 0.05) is 23.2 Å². The summed E-state index contributed by atoms with van der Waals surface area (Å²) in [5, 5.41) is 26.7. The molecular formula is C32H43N3O5. The van der Waals surface area contributed by atoms with Gasteiger partial charge in [-0.15, -0.1) is 0 Å². The molecule has 3 aromatic rings. The lowest BCUT2D eigenvalue weighted by molar-refractivity contribution is 0.113. The lowest BCUT2D eigenvalue weighted by Crippen LogP contribution is -2.38. The molecule has 4 N–H and O–H groups in total. The van der Waals surface area contributed by atoms with E-state index in [1.54, 1.807) is 0 Å². The summed E-state index contributed by atoms with van der Waals surface area (Å²) in [5.41, 5.74) is 2.73. The van der Waals surface area contributed by atoms with E-state index in [0.29, 0.717) is 42.2 Å². The average Bonchev–Trinajstić information content (AvgIpc) is 3.51. The highest BCUT2D eigenvalue weighted by molar-refractivity contribution is 5.77. The molecule has 1 heterocycles. The Morgan fingerprint density at radius 1 is 0.875 bits per heavy atom. The van der Waals surface area contributed by atoms with Crippen LogP contribution < -0.4 is 20.1 Å². The van der Waals surface area contributed by atoms with Crippen LogP contribution >= 0.6 is 0 Å². The zero-order valence-electron chi connectivity index (χ0n) is 23.3. The Labute approximate surface area is 236 Å². The molecule has 0 aliphatic heterocycles. The van der Waals surface area contributed by atoms with Crippen molar-refractivity contribution in [2.75, 3.05) is 26.3 Å². The van der Waals surface area contributed by atoms with E-state index in [1.807, 2.05) is 42.5 Å². The minimum atomic E-state index is -0.113. The molecule has 3 aliphatic rings. The molecule has 0 spiro atoms. The van der Waals surface area contributed by atoms with Crippen molar-refractivity contribution in [3.8, 4) is 23.0 Å². The van der Waals surface area contributed by atoms with Crippen LogP contribution in [0.3, 0.4) is 0 Å². The van der Waals surface area contributed by atoms with Crippen molar-refractivity contribution in [3.05, 3.63) is 42.5 Å². The molecule has 40 heavy (non-hydrogen) atoms. The second kappa shape index (κ2) is 12.5. The van der Waals surface area contributed by atoms with Gasteiger partial charge in [0.15, 0.2) is 5.58 Å². The Balaban J connectivity index is 0.916. The molecule has 3 aliphatic carbocycles. The number of aliphatic hydroxyl groups excluding tert-OH is 2. The largest absolute Gasteiger partial charge is 0.494 e. The third kappa shape index (κ3) is 6.79. The average molecular weight is 550 g/mol. The Morgan fingerprint density at radius 3 is 2.42 bits per heavy atom. The predicted molar refractivity (Wildman–Crippen MR) is 155 cm³/mol. The summed E-state index contributed by atoms with van der Waals surface area (Å²) in [6, 6.07) is 14.2. The number of rotatable bonds is 13. The molecule has 8 heteroatoms. The van der Waals surface area contributed by atoms with Crippen LogP contribution in [0.2, 0.25) is 0 Å². The van der Waals surface area contributed by atoms with Crippen LogP contribution in [-0.4, -0.2) is 65.3 Å². The lowest BCUT2D eigenvalue weighted by atomic mass is 9.93. The van der Waals surface area contributed by atoms with Gasteiger partial charge in [0.1, 0.15) is 17.0 Å². The zero-order valence-corrected chi connectivity index (χ0v) is 23.3. The highest BCUT2D eigenvalue weighted by atomic mass is 16.5. The quantitative estimate of drug-likeness (QED) is 0.225. The van der Waals surface area contributed by atoms with Gasteiger partial charge in [-0.1, -0.05) is 0 Å². The van der Waals surface area contributed by atoms with Gasteiger partial charge in [0.25, 0.3) is 0 Å². The second-order valence-electron chi connectivity index (χ2n) is 11.9. The number of ether oxygens (including phenoxy) is 2. The number of oxazole rings is 1. The fraction of sp³-hybridized carbons (Fsp3) is 0.594. The molecule has 3 atom stereocenters. The zero-order chi connectivity index (χ0) is 27.4. The number of aliphatic hydroxyl groups is 2. The number of fused-ring (bicyclic) bond motifs is 2. The first-order valence-electron chi connectivity index (χ1n) is 15.2. The van der Waals surface area contributed by atoms with Crippen LogP contribution in [0.25, 0.3) is 22.6 Å². The topological polar surface area (TPSA) is 109 Å². The van der Waals surface area contributed by atoms with E-state index in [-0.39, 0.29) is 12.2 Å². The van der Waals surface area contributed by atoms with E-state index in [9.17, 15) is 10.2 Å². The van der Waals surface area contributed by atoms with Crippen LogP contribution in [0.4, 0.5) is 0 Å².